The van der Waals surface area contributed by atoms with Crippen LogP contribution < -0.4 is 5.59 Å². The zero-order valence-corrected chi connectivity index (χ0v) is 6.28. The van der Waals surface area contributed by atoms with Crippen molar-refractivity contribution >= 4 is 11.7 Å². The van der Waals surface area contributed by atoms with Crippen molar-refractivity contribution in [1.82, 2.24) is 5.59 Å². The standard InChI is InChI=1S/C6H8N2O4/c9-5(10)6(11)4-2-1-3-8(4)7-12-6/h7,11H,1-3H2/p+1. The molecule has 0 aromatic rings. The minimum absolute atomic E-state index is 0.384. The van der Waals surface area contributed by atoms with Gasteiger partial charge in [0.05, 0.1) is 0 Å². The largest absolute Gasteiger partial charge is 0.477 e. The number of carboxylic acids is 1. The highest BCUT2D eigenvalue weighted by atomic mass is 16.8. The van der Waals surface area contributed by atoms with Crippen LogP contribution in [0.5, 0.6) is 0 Å². The molecule has 2 aliphatic heterocycles. The summed E-state index contributed by atoms with van der Waals surface area (Å²) in [6, 6.07) is 0. The van der Waals surface area contributed by atoms with Gasteiger partial charge in [-0.3, -0.25) is 0 Å². The van der Waals surface area contributed by atoms with E-state index in [1.807, 2.05) is 0 Å². The lowest BCUT2D eigenvalue weighted by molar-refractivity contribution is -0.621. The van der Waals surface area contributed by atoms with E-state index in [9.17, 15) is 9.90 Å². The molecular weight excluding hydrogens is 164 g/mol. The second-order valence-electron chi connectivity index (χ2n) is 2.84. The van der Waals surface area contributed by atoms with Gasteiger partial charge in [0.25, 0.3) is 5.71 Å². The van der Waals surface area contributed by atoms with E-state index in [-0.39, 0.29) is 0 Å². The van der Waals surface area contributed by atoms with Gasteiger partial charge in [0.2, 0.25) is 0 Å². The third kappa shape index (κ3) is 0.759. The molecule has 0 radical (unpaired) electrons. The van der Waals surface area contributed by atoms with Crippen LogP contribution in [0.4, 0.5) is 0 Å². The summed E-state index contributed by atoms with van der Waals surface area (Å²) in [5, 5.41) is 18.1. The fourth-order valence-electron chi connectivity index (χ4n) is 1.47. The summed E-state index contributed by atoms with van der Waals surface area (Å²) in [6.07, 6.45) is 1.39. The Labute approximate surface area is 68.0 Å². The molecule has 0 amide bonds. The van der Waals surface area contributed by atoms with Crippen molar-refractivity contribution in [3.05, 3.63) is 0 Å². The van der Waals surface area contributed by atoms with Gasteiger partial charge in [-0.1, -0.05) is 10.3 Å². The zero-order valence-electron chi connectivity index (χ0n) is 6.28. The Balaban J connectivity index is 2.36. The first kappa shape index (κ1) is 7.51. The van der Waals surface area contributed by atoms with Gasteiger partial charge < -0.3 is 10.2 Å². The van der Waals surface area contributed by atoms with Gasteiger partial charge in [0.15, 0.2) is 6.54 Å². The summed E-state index contributed by atoms with van der Waals surface area (Å²) in [4.78, 5) is 15.2. The van der Waals surface area contributed by atoms with Crippen LogP contribution in [0.3, 0.4) is 0 Å². The van der Waals surface area contributed by atoms with Gasteiger partial charge in [-0.05, 0) is 0 Å². The number of nitrogens with zero attached hydrogens (tertiary/aromatic N) is 1. The van der Waals surface area contributed by atoms with Crippen molar-refractivity contribution in [2.75, 3.05) is 6.54 Å². The van der Waals surface area contributed by atoms with Crippen LogP contribution >= 0.6 is 0 Å². The van der Waals surface area contributed by atoms with E-state index in [4.69, 9.17) is 5.11 Å². The Kier molecular flexibility index (Phi) is 1.36. The number of carbonyl (C=O) groups is 1. The molecule has 1 unspecified atom stereocenters. The second-order valence-corrected chi connectivity index (χ2v) is 2.84. The summed E-state index contributed by atoms with van der Waals surface area (Å²) in [5.41, 5.74) is 2.74. The molecule has 66 valence electrons. The second kappa shape index (κ2) is 2.18. The van der Waals surface area contributed by atoms with Crippen molar-refractivity contribution < 1.29 is 24.5 Å². The Morgan fingerprint density at radius 2 is 2.50 bits per heavy atom. The molecule has 0 bridgehead atoms. The summed E-state index contributed by atoms with van der Waals surface area (Å²) in [5.74, 6) is -3.54. The normalized spacial score (nSPS) is 33.4. The maximum absolute atomic E-state index is 10.6. The molecule has 3 N–H and O–H groups in total. The summed E-state index contributed by atoms with van der Waals surface area (Å²) in [7, 11) is 0. The zero-order chi connectivity index (χ0) is 8.77. The average Bonchev–Trinajstić information content (AvgIpc) is 2.54. The Hall–Kier alpha value is -1.14. The number of rotatable bonds is 1. The van der Waals surface area contributed by atoms with Crippen LogP contribution in [0.25, 0.3) is 0 Å². The van der Waals surface area contributed by atoms with Crippen molar-refractivity contribution in [1.29, 1.82) is 0 Å². The van der Waals surface area contributed by atoms with Crippen LogP contribution in [-0.4, -0.2) is 38.9 Å². The summed E-state index contributed by atoms with van der Waals surface area (Å²) in [6.45, 7) is 0.672. The quantitative estimate of drug-likeness (QED) is 0.418. The third-order valence-electron chi connectivity index (χ3n) is 2.11. The van der Waals surface area contributed by atoms with Gasteiger partial charge in [0, 0.05) is 12.8 Å². The number of carboxylic acid groups (broad SMARTS) is 1. The van der Waals surface area contributed by atoms with E-state index >= 15 is 0 Å². The fraction of sp³-hybridized carbons (Fsp3) is 0.667. The molecule has 0 saturated heterocycles. The molecule has 6 heteroatoms. The summed E-state index contributed by atoms with van der Waals surface area (Å²) >= 11 is 0. The predicted molar refractivity (Wildman–Crippen MR) is 36.2 cm³/mol. The number of hydrazine groups is 1. The SMILES string of the molecule is O=C(O)C1(O)ON[N+]2=C1CCC2. The van der Waals surface area contributed by atoms with Crippen molar-refractivity contribution in [2.45, 2.75) is 18.6 Å². The monoisotopic (exact) mass is 173 g/mol. The van der Waals surface area contributed by atoms with E-state index in [2.05, 4.69) is 10.4 Å². The highest BCUT2D eigenvalue weighted by molar-refractivity contribution is 6.05. The van der Waals surface area contributed by atoms with Gasteiger partial charge in [-0.2, -0.15) is 4.84 Å². The average molecular weight is 173 g/mol. The number of nitrogens with one attached hydrogen (secondary N) is 1. The molecule has 0 spiro atoms. The third-order valence-corrected chi connectivity index (χ3v) is 2.11. The van der Waals surface area contributed by atoms with Gasteiger partial charge in [-0.25, -0.2) is 4.79 Å². The molecule has 12 heavy (non-hydrogen) atoms. The van der Waals surface area contributed by atoms with E-state index in [0.717, 1.165) is 6.42 Å². The minimum Gasteiger partial charge on any atom is -0.477 e. The minimum atomic E-state index is -2.16. The van der Waals surface area contributed by atoms with Crippen molar-refractivity contribution in [3.8, 4) is 0 Å². The summed E-state index contributed by atoms with van der Waals surface area (Å²) < 4.78 is 1.52. The van der Waals surface area contributed by atoms with Crippen molar-refractivity contribution in [3.63, 3.8) is 0 Å². The van der Waals surface area contributed by atoms with Crippen LogP contribution in [0.15, 0.2) is 0 Å². The smallest absolute Gasteiger partial charge is 0.378 e. The Morgan fingerprint density at radius 1 is 1.75 bits per heavy atom. The maximum Gasteiger partial charge on any atom is 0.378 e. The predicted octanol–water partition coefficient (Wildman–Crippen LogP) is -1.54. The molecule has 6 nitrogen and oxygen atoms in total. The highest BCUT2D eigenvalue weighted by Crippen LogP contribution is 2.21. The molecule has 2 aliphatic rings. The first-order valence-corrected chi connectivity index (χ1v) is 3.68. The lowest BCUT2D eigenvalue weighted by Crippen LogP contribution is -2.46. The van der Waals surface area contributed by atoms with Crippen LogP contribution in [-0.2, 0) is 9.63 Å². The number of hydrazone groups is 1. The fourth-order valence-corrected chi connectivity index (χ4v) is 1.47. The van der Waals surface area contributed by atoms with E-state index in [1.54, 1.807) is 0 Å². The van der Waals surface area contributed by atoms with Crippen LogP contribution in [0.2, 0.25) is 0 Å². The molecule has 0 saturated carbocycles. The molecule has 0 aliphatic carbocycles. The highest BCUT2D eigenvalue weighted by Gasteiger charge is 2.57. The first-order valence-electron chi connectivity index (χ1n) is 3.68. The Morgan fingerprint density at radius 3 is 3.17 bits per heavy atom. The number of aliphatic hydroxyl groups is 1. The molecule has 0 aromatic heterocycles. The first-order chi connectivity index (χ1) is 5.64. The van der Waals surface area contributed by atoms with Gasteiger partial charge in [-0.15, -0.1) is 0 Å². The number of aliphatic carboxylic acids is 1. The molecule has 0 aromatic carbocycles. The molecule has 0 fully saturated rings. The molecule has 2 heterocycles. The maximum atomic E-state index is 10.6. The van der Waals surface area contributed by atoms with E-state index in [1.165, 1.54) is 4.68 Å². The lowest BCUT2D eigenvalue weighted by atomic mass is 10.1. The van der Waals surface area contributed by atoms with Crippen LogP contribution in [0.1, 0.15) is 12.8 Å². The van der Waals surface area contributed by atoms with Gasteiger partial charge >= 0.3 is 11.8 Å². The van der Waals surface area contributed by atoms with Crippen molar-refractivity contribution in [2.24, 2.45) is 0 Å². The molecular formula is C6H9N2O4+. The number of hydrogen-bond donors (Lipinski definition) is 3. The topological polar surface area (TPSA) is 81.8 Å². The molecule has 2 rings (SSSR count). The van der Waals surface area contributed by atoms with Gasteiger partial charge in [0.1, 0.15) is 0 Å². The molecule has 1 atom stereocenters. The van der Waals surface area contributed by atoms with E-state index in [0.29, 0.717) is 18.7 Å². The lowest BCUT2D eigenvalue weighted by Gasteiger charge is -2.10. The van der Waals surface area contributed by atoms with Crippen LogP contribution in [0, 0.1) is 0 Å². The van der Waals surface area contributed by atoms with E-state index < -0.39 is 11.8 Å². The Bertz CT molecular complexity index is 275. The number of hydrogen-bond acceptors (Lipinski definition) is 4.